The zero-order valence-corrected chi connectivity index (χ0v) is 32.4. The van der Waals surface area contributed by atoms with E-state index < -0.39 is 0 Å². The Hall–Kier alpha value is -7.11. The van der Waals surface area contributed by atoms with Crippen molar-refractivity contribution in [3.05, 3.63) is 188 Å². The zero-order valence-electron chi connectivity index (χ0n) is 32.4. The molecule has 7 aromatic carbocycles. The van der Waals surface area contributed by atoms with Gasteiger partial charge in [0.2, 0.25) is 0 Å². The van der Waals surface area contributed by atoms with E-state index in [2.05, 4.69) is 146 Å². The van der Waals surface area contributed by atoms with Gasteiger partial charge in [0.1, 0.15) is 0 Å². The first-order valence-electron chi connectivity index (χ1n) is 20.8. The van der Waals surface area contributed by atoms with Crippen LogP contribution < -0.4 is 0 Å². The normalized spacial score (nSPS) is 19.9. The molecule has 0 aliphatic heterocycles. The predicted octanol–water partition coefficient (Wildman–Crippen LogP) is 12.9. The van der Waals surface area contributed by atoms with Gasteiger partial charge in [-0.2, -0.15) is 0 Å². The molecule has 3 aliphatic rings. The third-order valence-corrected chi connectivity index (χ3v) is 13.3. The van der Waals surface area contributed by atoms with E-state index in [9.17, 15) is 0 Å². The molecule has 0 spiro atoms. The highest BCUT2D eigenvalue weighted by atomic mass is 15.0. The Labute approximate surface area is 343 Å². The van der Waals surface area contributed by atoms with Gasteiger partial charge in [-0.1, -0.05) is 164 Å². The molecule has 0 amide bonds. The first-order valence-corrected chi connectivity index (χ1v) is 20.8. The molecular formula is C54H39N5. The molecule has 280 valence electrons. The summed E-state index contributed by atoms with van der Waals surface area (Å²) in [4.78, 5) is 25.5. The summed E-state index contributed by atoms with van der Waals surface area (Å²) in [7, 11) is 0. The van der Waals surface area contributed by atoms with Crippen LogP contribution >= 0.6 is 0 Å². The number of fused-ring (bicyclic) bond motifs is 1. The second-order valence-electron chi connectivity index (χ2n) is 16.5. The van der Waals surface area contributed by atoms with E-state index in [4.69, 9.17) is 24.9 Å². The van der Waals surface area contributed by atoms with E-state index in [1.165, 1.54) is 18.4 Å². The van der Waals surface area contributed by atoms with Gasteiger partial charge in [0.05, 0.1) is 11.4 Å². The number of nitrogens with zero attached hydrogens (tertiary/aromatic N) is 5. The minimum atomic E-state index is 0.629. The van der Waals surface area contributed by atoms with Crippen LogP contribution in [0.15, 0.2) is 182 Å². The number of hydrogen-bond acceptors (Lipinski definition) is 5. The topological polar surface area (TPSA) is 64.5 Å². The van der Waals surface area contributed by atoms with Gasteiger partial charge in [-0.25, -0.2) is 24.9 Å². The van der Waals surface area contributed by atoms with Crippen molar-refractivity contribution in [3.63, 3.8) is 0 Å². The van der Waals surface area contributed by atoms with E-state index in [-0.39, 0.29) is 0 Å². The fourth-order valence-electron chi connectivity index (χ4n) is 10.3. The Balaban J connectivity index is 0.897. The molecule has 59 heavy (non-hydrogen) atoms. The summed E-state index contributed by atoms with van der Waals surface area (Å²) in [6.07, 6.45) is 2.84. The average Bonchev–Trinajstić information content (AvgIpc) is 3.31. The lowest BCUT2D eigenvalue weighted by molar-refractivity contribution is -0.214. The molecule has 0 N–H and O–H groups in total. The first kappa shape index (κ1) is 34.0. The van der Waals surface area contributed by atoms with Crippen LogP contribution in [0.1, 0.15) is 24.3 Å². The summed E-state index contributed by atoms with van der Waals surface area (Å²) >= 11 is 0. The van der Waals surface area contributed by atoms with Gasteiger partial charge in [-0.05, 0) is 88.1 Å². The molecule has 0 radical (unpaired) electrons. The van der Waals surface area contributed by atoms with Crippen LogP contribution in [0.4, 0.5) is 0 Å². The van der Waals surface area contributed by atoms with Crippen molar-refractivity contribution >= 4 is 10.8 Å². The van der Waals surface area contributed by atoms with Crippen molar-refractivity contribution in [1.29, 1.82) is 0 Å². The Morgan fingerprint density at radius 1 is 0.356 bits per heavy atom. The smallest absolute Gasteiger partial charge is 0.164 e. The minimum absolute atomic E-state index is 0.629. The molecule has 3 fully saturated rings. The Morgan fingerprint density at radius 3 is 1.66 bits per heavy atom. The third-order valence-electron chi connectivity index (χ3n) is 13.3. The number of hydrogen-bond donors (Lipinski definition) is 0. The summed E-state index contributed by atoms with van der Waals surface area (Å²) in [5.74, 6) is 7.18. The number of aromatic nitrogens is 5. The van der Waals surface area contributed by atoms with E-state index in [0.29, 0.717) is 23.4 Å². The Bertz CT molecular complexity index is 3020. The zero-order chi connectivity index (χ0) is 38.9. The maximum absolute atomic E-state index is 5.23. The molecule has 0 saturated heterocycles. The van der Waals surface area contributed by atoms with Crippen molar-refractivity contribution in [2.24, 2.45) is 23.7 Å². The summed E-state index contributed by atoms with van der Waals surface area (Å²) in [5, 5.41) is 2.25. The van der Waals surface area contributed by atoms with E-state index in [1.807, 2.05) is 36.4 Å². The highest BCUT2D eigenvalue weighted by Gasteiger charge is 2.67. The van der Waals surface area contributed by atoms with Crippen molar-refractivity contribution in [2.45, 2.75) is 18.8 Å². The van der Waals surface area contributed by atoms with Crippen molar-refractivity contribution < 1.29 is 0 Å². The molecule has 2 atom stereocenters. The molecule has 3 aliphatic carbocycles. The SMILES string of the molecule is c1ccc(-c2cc(-c3cccc(C4C5CC6CC4C65)c3)nc(-c3ccc(-c4cccc(-c5nc(-c6ccccc6)nc(-c6cccc7ccccc67)n5)c4)cc3)n2)cc1. The standard InChI is InChI=1S/C54H39N5/c1-3-13-35(14-4-1)47-32-48(39-19-10-20-40(29-39)49-45-30-42-31-46(49)50(42)45)56-51(55-47)37-26-24-33(25-27-37)38-18-9-21-41(28-38)53-57-52(36-15-5-2-6-16-36)58-54(59-53)44-23-11-17-34-12-7-8-22-43(34)44/h1-29,32,42,45-46,49-50H,30-31H2. The fraction of sp³-hybridized carbons (Fsp3) is 0.130. The van der Waals surface area contributed by atoms with Crippen LogP contribution in [-0.2, 0) is 0 Å². The highest BCUT2D eigenvalue weighted by molar-refractivity contribution is 5.95. The van der Waals surface area contributed by atoms with Gasteiger partial charge in [0, 0.05) is 33.4 Å². The first-order chi connectivity index (χ1) is 29.2. The Morgan fingerprint density at radius 2 is 0.898 bits per heavy atom. The monoisotopic (exact) mass is 757 g/mol. The average molecular weight is 758 g/mol. The van der Waals surface area contributed by atoms with Crippen molar-refractivity contribution in [1.82, 2.24) is 24.9 Å². The number of rotatable bonds is 8. The molecular weight excluding hydrogens is 719 g/mol. The van der Waals surface area contributed by atoms with Crippen LogP contribution in [-0.4, -0.2) is 24.9 Å². The summed E-state index contributed by atoms with van der Waals surface area (Å²) in [6, 6.07) is 63.6. The molecule has 9 aromatic rings. The lowest BCUT2D eigenvalue weighted by Gasteiger charge is -2.73. The van der Waals surface area contributed by atoms with Gasteiger partial charge in [-0.3, -0.25) is 0 Å². The molecule has 3 saturated carbocycles. The van der Waals surface area contributed by atoms with Gasteiger partial charge >= 0.3 is 0 Å². The van der Waals surface area contributed by atoms with E-state index in [1.54, 1.807) is 0 Å². The third kappa shape index (κ3) is 5.88. The second-order valence-corrected chi connectivity index (χ2v) is 16.5. The maximum atomic E-state index is 5.23. The predicted molar refractivity (Wildman–Crippen MR) is 237 cm³/mol. The molecule has 12 rings (SSSR count). The number of benzene rings is 7. The van der Waals surface area contributed by atoms with Crippen molar-refractivity contribution in [3.8, 4) is 79.2 Å². The maximum Gasteiger partial charge on any atom is 0.164 e. The molecule has 2 unspecified atom stereocenters. The molecule has 0 bridgehead atoms. The lowest BCUT2D eigenvalue weighted by Crippen LogP contribution is -2.65. The summed E-state index contributed by atoms with van der Waals surface area (Å²) in [5.41, 5.74) is 11.6. The summed E-state index contributed by atoms with van der Waals surface area (Å²) < 4.78 is 0. The minimum Gasteiger partial charge on any atom is -0.228 e. The fourth-order valence-corrected chi connectivity index (χ4v) is 10.3. The van der Waals surface area contributed by atoms with Crippen LogP contribution in [0.2, 0.25) is 0 Å². The van der Waals surface area contributed by atoms with Gasteiger partial charge in [0.15, 0.2) is 23.3 Å². The van der Waals surface area contributed by atoms with E-state index in [0.717, 1.165) is 96.2 Å². The molecule has 5 heteroatoms. The quantitative estimate of drug-likeness (QED) is 0.154. The lowest BCUT2D eigenvalue weighted by atomic mass is 9.31. The molecule has 5 nitrogen and oxygen atoms in total. The van der Waals surface area contributed by atoms with Crippen LogP contribution in [0.25, 0.3) is 90.0 Å². The van der Waals surface area contributed by atoms with Gasteiger partial charge in [0.25, 0.3) is 0 Å². The van der Waals surface area contributed by atoms with Gasteiger partial charge in [-0.15, -0.1) is 0 Å². The Kier molecular flexibility index (Phi) is 7.93. The van der Waals surface area contributed by atoms with Gasteiger partial charge < -0.3 is 0 Å². The van der Waals surface area contributed by atoms with E-state index >= 15 is 0 Å². The molecule has 2 aromatic heterocycles. The van der Waals surface area contributed by atoms with Crippen LogP contribution in [0.3, 0.4) is 0 Å². The second kappa shape index (κ2) is 13.8. The largest absolute Gasteiger partial charge is 0.228 e. The van der Waals surface area contributed by atoms with Crippen LogP contribution in [0, 0.1) is 23.7 Å². The van der Waals surface area contributed by atoms with Crippen LogP contribution in [0.5, 0.6) is 0 Å². The summed E-state index contributed by atoms with van der Waals surface area (Å²) in [6.45, 7) is 0. The molecule has 2 heterocycles. The highest BCUT2D eigenvalue weighted by Crippen LogP contribution is 2.75. The van der Waals surface area contributed by atoms with Crippen molar-refractivity contribution in [2.75, 3.05) is 0 Å².